The molecule has 0 saturated carbocycles. The number of hydrogen-bond donors (Lipinski definition) is 7. The molecule has 0 bridgehead atoms. The van der Waals surface area contributed by atoms with Crippen LogP contribution in [0, 0.1) is 5.92 Å². The lowest BCUT2D eigenvalue weighted by Gasteiger charge is -2.49. The van der Waals surface area contributed by atoms with Crippen molar-refractivity contribution in [2.45, 2.75) is 68.2 Å². The van der Waals surface area contributed by atoms with Gasteiger partial charge in [0.2, 0.25) is 17.0 Å². The summed E-state index contributed by atoms with van der Waals surface area (Å²) >= 11 is 3.56. The molecule has 2 aromatic rings. The number of thioether (sulfide) groups is 2. The third-order valence-electron chi connectivity index (χ3n) is 7.51. The molecule has 1 saturated heterocycles. The Kier molecular flexibility index (Phi) is 16.6. The molecular weight excluding hydrogens is 757 g/mol. The van der Waals surface area contributed by atoms with Gasteiger partial charge in [0.05, 0.1) is 6.04 Å². The minimum atomic E-state index is -1.27. The van der Waals surface area contributed by atoms with Crippen LogP contribution in [0.5, 0.6) is 0 Å². The van der Waals surface area contributed by atoms with Crippen LogP contribution in [0.3, 0.4) is 0 Å². The molecule has 2 aliphatic heterocycles. The Bertz CT molecular complexity index is 1700. The van der Waals surface area contributed by atoms with Gasteiger partial charge < -0.3 is 42.5 Å². The average molecular weight is 799 g/mol. The molecule has 4 rings (SSSR count). The van der Waals surface area contributed by atoms with Crippen molar-refractivity contribution in [1.82, 2.24) is 40.7 Å². The number of aliphatic carboxylic acids is 1. The maximum absolute atomic E-state index is 13.4. The molecule has 0 aliphatic carbocycles. The van der Waals surface area contributed by atoms with Crippen LogP contribution in [0.15, 0.2) is 27.0 Å². The zero-order valence-corrected chi connectivity index (χ0v) is 31.7. The molecule has 4 amide bonds. The Morgan fingerprint density at radius 1 is 1.25 bits per heavy atom. The molecule has 4 atom stereocenters. The number of carboxylic acid groups (broad SMARTS) is 2. The highest BCUT2D eigenvalue weighted by Crippen LogP contribution is 2.41. The van der Waals surface area contributed by atoms with E-state index in [-0.39, 0.29) is 40.4 Å². The first-order chi connectivity index (χ1) is 25.3. The van der Waals surface area contributed by atoms with E-state index in [0.717, 1.165) is 16.2 Å². The summed E-state index contributed by atoms with van der Waals surface area (Å²) in [6.07, 6.45) is 2.02. The van der Waals surface area contributed by atoms with Crippen LogP contribution in [0.4, 0.5) is 5.13 Å². The Morgan fingerprint density at radius 2 is 1.96 bits per heavy atom. The van der Waals surface area contributed by atoms with Crippen LogP contribution in [-0.4, -0.2) is 131 Å². The molecule has 24 heteroatoms. The van der Waals surface area contributed by atoms with Crippen molar-refractivity contribution >= 4 is 81.8 Å². The number of fused-ring (bicyclic) bond motifs is 1. The topological polar surface area (TPSA) is 312 Å². The first-order valence-corrected chi connectivity index (χ1v) is 19.0. The summed E-state index contributed by atoms with van der Waals surface area (Å²) in [6, 6.07) is -2.72. The van der Waals surface area contributed by atoms with Gasteiger partial charge in [0, 0.05) is 23.9 Å². The van der Waals surface area contributed by atoms with E-state index in [1.54, 1.807) is 7.05 Å². The van der Waals surface area contributed by atoms with Crippen molar-refractivity contribution < 1.29 is 43.8 Å². The summed E-state index contributed by atoms with van der Waals surface area (Å²) in [6.45, 7) is 4.06. The number of nitrogens with two attached hydrogens (primary N) is 2. The Hall–Kier alpha value is -4.65. The fraction of sp³-hybridized carbons (Fsp3) is 0.552. The van der Waals surface area contributed by atoms with Gasteiger partial charge in [0.1, 0.15) is 36.0 Å². The maximum atomic E-state index is 13.4. The van der Waals surface area contributed by atoms with Crippen molar-refractivity contribution in [3.05, 3.63) is 22.3 Å². The Balaban J connectivity index is 0.00000243. The number of unbranched alkanes of at least 4 members (excludes halogenated alkanes) is 1. The third kappa shape index (κ3) is 11.4. The summed E-state index contributed by atoms with van der Waals surface area (Å²) in [5.74, 6) is -2.90. The summed E-state index contributed by atoms with van der Waals surface area (Å²) in [5, 5.41) is 41.3. The monoisotopic (exact) mass is 798 g/mol. The van der Waals surface area contributed by atoms with Crippen LogP contribution >= 0.6 is 34.9 Å². The Labute approximate surface area is 316 Å². The standard InChI is InChI=1S/C28H40N12O7S3.CH2O2/c1-13(2)9-15(30)21(41)31-16(7-5-6-8-29)22(42)34-27-32-17(12-49-27)18(36-47-4)23(43)33-19-24(44)40-20(26(45)46)14(10-48-25(19)40)11-50-28-35-37-38-39(28)3;2-1-3/h12-13,15-16,19,25H,5-11,29-30H2,1-4H3,(H,31,41)(H,33,43)(H,45,46)(H,32,34,42);1H,(H,2,3)/b36-18-;/t15-,16-,19+,25-;/m0./s1. The zero-order chi connectivity index (χ0) is 39.2. The normalized spacial score (nSPS) is 17.8. The molecule has 9 N–H and O–H groups in total. The van der Waals surface area contributed by atoms with Gasteiger partial charge in [-0.25, -0.2) is 14.5 Å². The predicted octanol–water partition coefficient (Wildman–Crippen LogP) is -0.825. The van der Waals surface area contributed by atoms with Crippen LogP contribution < -0.4 is 27.4 Å². The van der Waals surface area contributed by atoms with E-state index in [0.29, 0.717) is 48.7 Å². The molecule has 4 heterocycles. The quantitative estimate of drug-likeness (QED) is 0.0242. The van der Waals surface area contributed by atoms with E-state index in [9.17, 15) is 29.1 Å². The van der Waals surface area contributed by atoms with Crippen molar-refractivity contribution in [3.8, 4) is 0 Å². The molecular formula is C29H42N12O9S3. The SMILES string of the molecule is CO/N=C(\C(=O)N[C@@H]1C(=O)N2C(C(=O)O)=C(CSc3nnnn3C)CS[C@@H]12)c1csc(NC(=O)[C@H](CCCCN)NC(=O)[C@@H](N)CC(C)C)n1.O=CO. The van der Waals surface area contributed by atoms with Gasteiger partial charge in [0.25, 0.3) is 18.3 Å². The van der Waals surface area contributed by atoms with Crippen LogP contribution in [-0.2, 0) is 40.7 Å². The number of rotatable bonds is 18. The number of nitrogens with zero attached hydrogens (tertiary/aromatic N) is 7. The van der Waals surface area contributed by atoms with Gasteiger partial charge in [-0.15, -0.1) is 28.2 Å². The van der Waals surface area contributed by atoms with Gasteiger partial charge >= 0.3 is 5.97 Å². The highest BCUT2D eigenvalue weighted by atomic mass is 32.2. The second kappa shape index (κ2) is 20.6. The number of aryl methyl sites for hydroxylation is 1. The van der Waals surface area contributed by atoms with Crippen molar-refractivity contribution in [2.75, 3.05) is 30.5 Å². The van der Waals surface area contributed by atoms with E-state index in [1.165, 1.54) is 40.7 Å². The fourth-order valence-electron chi connectivity index (χ4n) is 5.08. The molecule has 0 aromatic carbocycles. The highest BCUT2D eigenvalue weighted by Gasteiger charge is 2.54. The molecule has 1 fully saturated rings. The number of carbonyl (C=O) groups is 6. The average Bonchev–Trinajstić information content (AvgIpc) is 3.75. The fourth-order valence-corrected chi connectivity index (χ4v) is 8.12. The van der Waals surface area contributed by atoms with Gasteiger partial charge in [-0.1, -0.05) is 30.8 Å². The van der Waals surface area contributed by atoms with Crippen molar-refractivity contribution in [2.24, 2.45) is 29.6 Å². The zero-order valence-electron chi connectivity index (χ0n) is 29.3. The molecule has 290 valence electrons. The highest BCUT2D eigenvalue weighted by molar-refractivity contribution is 8.01. The number of nitrogens with one attached hydrogen (secondary N) is 3. The third-order valence-corrected chi connectivity index (χ3v) is 10.7. The van der Waals surface area contributed by atoms with E-state index in [2.05, 4.69) is 41.6 Å². The predicted molar refractivity (Wildman–Crippen MR) is 194 cm³/mol. The maximum Gasteiger partial charge on any atom is 0.352 e. The molecule has 0 unspecified atom stereocenters. The summed E-state index contributed by atoms with van der Waals surface area (Å²) in [4.78, 5) is 83.5. The van der Waals surface area contributed by atoms with Crippen LogP contribution in [0.2, 0.25) is 0 Å². The largest absolute Gasteiger partial charge is 0.483 e. The van der Waals surface area contributed by atoms with Crippen molar-refractivity contribution in [3.63, 3.8) is 0 Å². The molecule has 2 aliphatic rings. The molecule has 0 radical (unpaired) electrons. The van der Waals surface area contributed by atoms with Gasteiger partial charge in [-0.3, -0.25) is 28.9 Å². The van der Waals surface area contributed by atoms with Crippen LogP contribution in [0.25, 0.3) is 0 Å². The number of β-lactam (4-membered cyclic amide) rings is 1. The van der Waals surface area contributed by atoms with Gasteiger partial charge in [-0.05, 0) is 54.1 Å². The minimum absolute atomic E-state index is 0.0518. The summed E-state index contributed by atoms with van der Waals surface area (Å²) in [5.41, 5.74) is 11.8. The van der Waals surface area contributed by atoms with Crippen molar-refractivity contribution in [1.29, 1.82) is 0 Å². The van der Waals surface area contributed by atoms with E-state index in [1.807, 2.05) is 13.8 Å². The second-order valence-electron chi connectivity index (χ2n) is 11.8. The molecule has 2 aromatic heterocycles. The summed E-state index contributed by atoms with van der Waals surface area (Å²) in [7, 11) is 2.89. The number of carbonyl (C=O) groups excluding carboxylic acids is 4. The summed E-state index contributed by atoms with van der Waals surface area (Å²) < 4.78 is 1.45. The van der Waals surface area contributed by atoms with Gasteiger partial charge in [-0.2, -0.15) is 0 Å². The number of amides is 4. The smallest absolute Gasteiger partial charge is 0.352 e. The molecule has 0 spiro atoms. The number of tetrazole rings is 1. The molecule has 21 nitrogen and oxygen atoms in total. The first kappa shape index (κ1) is 42.8. The number of anilines is 1. The number of carboxylic acids is 1. The minimum Gasteiger partial charge on any atom is -0.483 e. The molecule has 53 heavy (non-hydrogen) atoms. The van der Waals surface area contributed by atoms with E-state index >= 15 is 0 Å². The van der Waals surface area contributed by atoms with Gasteiger partial charge in [0.15, 0.2) is 10.8 Å². The van der Waals surface area contributed by atoms with E-state index < -0.39 is 53.1 Å². The number of oxime groups is 1. The Morgan fingerprint density at radius 3 is 2.57 bits per heavy atom. The van der Waals surface area contributed by atoms with Crippen LogP contribution in [0.1, 0.15) is 45.2 Å². The first-order valence-electron chi connectivity index (χ1n) is 16.1. The number of aromatic nitrogens is 5. The van der Waals surface area contributed by atoms with E-state index in [4.69, 9.17) is 26.2 Å². The lowest BCUT2D eigenvalue weighted by molar-refractivity contribution is -0.150. The lowest BCUT2D eigenvalue weighted by atomic mass is 10.0. The number of hydrogen-bond acceptors (Lipinski definition) is 17. The lowest BCUT2D eigenvalue weighted by Crippen LogP contribution is -2.71. The second-order valence-corrected chi connectivity index (χ2v) is 14.7. The number of thiazole rings is 1.